The third-order valence-electron chi connectivity index (χ3n) is 3.02. The molecule has 0 saturated carbocycles. The molecule has 3 rings (SSSR count). The summed E-state index contributed by atoms with van der Waals surface area (Å²) in [6.45, 7) is 0.341. The summed E-state index contributed by atoms with van der Waals surface area (Å²) in [5.74, 6) is 0.555. The van der Waals surface area contributed by atoms with Crippen molar-refractivity contribution in [2.75, 3.05) is 7.11 Å². The minimum atomic E-state index is -0.397. The van der Waals surface area contributed by atoms with Crippen molar-refractivity contribution in [1.82, 2.24) is 14.7 Å². The van der Waals surface area contributed by atoms with Gasteiger partial charge in [-0.15, -0.1) is 0 Å². The molecule has 6 nitrogen and oxygen atoms in total. The normalized spacial score (nSPS) is 10.5. The number of benzene rings is 1. The molecule has 1 aromatic carbocycles. The van der Waals surface area contributed by atoms with Crippen LogP contribution in [0.5, 0.6) is 0 Å². The topological polar surface area (TPSA) is 70.2 Å². The molecule has 2 heterocycles. The van der Waals surface area contributed by atoms with Gasteiger partial charge in [-0.25, -0.2) is 4.79 Å². The van der Waals surface area contributed by atoms with Gasteiger partial charge in [0.25, 0.3) is 5.89 Å². The highest BCUT2D eigenvalue weighted by atomic mass is 16.5. The van der Waals surface area contributed by atoms with Gasteiger partial charge in [0.15, 0.2) is 5.82 Å². The average molecular weight is 283 g/mol. The minimum Gasteiger partial charge on any atom is -0.464 e. The zero-order valence-electron chi connectivity index (χ0n) is 11.4. The fourth-order valence-corrected chi connectivity index (χ4v) is 2.01. The Morgan fingerprint density at radius 2 is 2.05 bits per heavy atom. The molecule has 0 spiro atoms. The number of nitrogens with zero attached hydrogens (tertiary/aromatic N) is 3. The van der Waals surface area contributed by atoms with Crippen molar-refractivity contribution in [3.63, 3.8) is 0 Å². The maximum Gasteiger partial charge on any atom is 0.354 e. The van der Waals surface area contributed by atoms with Crippen LogP contribution in [0.4, 0.5) is 0 Å². The highest BCUT2D eigenvalue weighted by Gasteiger charge is 2.14. The summed E-state index contributed by atoms with van der Waals surface area (Å²) in [6, 6.07) is 13.0. The first kappa shape index (κ1) is 13.1. The first-order chi connectivity index (χ1) is 10.3. The van der Waals surface area contributed by atoms with E-state index in [9.17, 15) is 4.79 Å². The Kier molecular flexibility index (Phi) is 3.51. The van der Waals surface area contributed by atoms with Gasteiger partial charge in [0.2, 0.25) is 0 Å². The Hall–Kier alpha value is -2.89. The lowest BCUT2D eigenvalue weighted by Gasteiger charge is -2.04. The van der Waals surface area contributed by atoms with E-state index in [1.54, 1.807) is 22.9 Å². The van der Waals surface area contributed by atoms with Gasteiger partial charge >= 0.3 is 5.97 Å². The second-order valence-corrected chi connectivity index (χ2v) is 4.39. The molecule has 0 aliphatic carbocycles. The van der Waals surface area contributed by atoms with Crippen molar-refractivity contribution in [2.24, 2.45) is 0 Å². The van der Waals surface area contributed by atoms with Gasteiger partial charge in [-0.3, -0.25) is 0 Å². The number of hydrogen-bond donors (Lipinski definition) is 0. The lowest BCUT2D eigenvalue weighted by atomic mass is 10.2. The van der Waals surface area contributed by atoms with E-state index in [1.807, 2.05) is 30.3 Å². The van der Waals surface area contributed by atoms with Crippen molar-refractivity contribution in [3.8, 4) is 11.5 Å². The lowest BCUT2D eigenvalue weighted by molar-refractivity contribution is 0.0589. The Labute approximate surface area is 121 Å². The summed E-state index contributed by atoms with van der Waals surface area (Å²) >= 11 is 0. The summed E-state index contributed by atoms with van der Waals surface area (Å²) in [5, 5.41) is 3.93. The molecular formula is C15H13N3O3. The van der Waals surface area contributed by atoms with E-state index in [-0.39, 0.29) is 0 Å². The predicted molar refractivity (Wildman–Crippen MR) is 74.6 cm³/mol. The van der Waals surface area contributed by atoms with E-state index in [2.05, 4.69) is 10.1 Å². The molecule has 6 heteroatoms. The van der Waals surface area contributed by atoms with Crippen molar-refractivity contribution in [1.29, 1.82) is 0 Å². The number of esters is 1. The fourth-order valence-electron chi connectivity index (χ4n) is 2.01. The Morgan fingerprint density at radius 3 is 2.81 bits per heavy atom. The van der Waals surface area contributed by atoms with Crippen molar-refractivity contribution >= 4 is 5.97 Å². The molecule has 106 valence electrons. The molecule has 0 saturated heterocycles. The second kappa shape index (κ2) is 5.62. The first-order valence-corrected chi connectivity index (χ1v) is 6.39. The Morgan fingerprint density at radius 1 is 1.24 bits per heavy atom. The first-order valence-electron chi connectivity index (χ1n) is 6.39. The molecular weight excluding hydrogens is 270 g/mol. The lowest BCUT2D eigenvalue weighted by Crippen LogP contribution is -2.11. The van der Waals surface area contributed by atoms with E-state index in [4.69, 9.17) is 9.26 Å². The van der Waals surface area contributed by atoms with Crippen LogP contribution in [0, 0.1) is 0 Å². The Bertz CT molecular complexity index is 746. The zero-order valence-corrected chi connectivity index (χ0v) is 11.4. The van der Waals surface area contributed by atoms with Gasteiger partial charge < -0.3 is 13.8 Å². The maximum atomic E-state index is 11.6. The molecule has 3 aromatic rings. The highest BCUT2D eigenvalue weighted by Crippen LogP contribution is 2.17. The predicted octanol–water partition coefficient (Wildman–Crippen LogP) is 2.37. The van der Waals surface area contributed by atoms with Crippen LogP contribution in [0.25, 0.3) is 11.5 Å². The number of carbonyl (C=O) groups is 1. The molecule has 0 bridgehead atoms. The van der Waals surface area contributed by atoms with Gasteiger partial charge in [0, 0.05) is 11.8 Å². The molecule has 0 unspecified atom stereocenters. The quantitative estimate of drug-likeness (QED) is 0.687. The summed E-state index contributed by atoms with van der Waals surface area (Å²) in [4.78, 5) is 15.9. The van der Waals surface area contributed by atoms with Gasteiger partial charge in [0.1, 0.15) is 5.69 Å². The summed E-state index contributed by atoms with van der Waals surface area (Å²) in [7, 11) is 1.35. The standard InChI is InChI=1S/C15H13N3O3/c1-20-15(19)12-8-5-9-18(12)10-13-16-14(21-17-13)11-6-3-2-4-7-11/h2-9H,10H2,1H3. The molecule has 2 aromatic heterocycles. The molecule has 0 aliphatic heterocycles. The van der Waals surface area contributed by atoms with E-state index in [1.165, 1.54) is 7.11 Å². The van der Waals surface area contributed by atoms with Crippen LogP contribution >= 0.6 is 0 Å². The molecule has 0 radical (unpaired) electrons. The van der Waals surface area contributed by atoms with Gasteiger partial charge in [-0.05, 0) is 24.3 Å². The molecule has 0 atom stereocenters. The van der Waals surface area contributed by atoms with Gasteiger partial charge in [0.05, 0.1) is 13.7 Å². The van der Waals surface area contributed by atoms with Crippen LogP contribution in [0.1, 0.15) is 16.3 Å². The van der Waals surface area contributed by atoms with E-state index < -0.39 is 5.97 Å². The van der Waals surface area contributed by atoms with Crippen LogP contribution in [-0.2, 0) is 11.3 Å². The van der Waals surface area contributed by atoms with Crippen LogP contribution in [0.15, 0.2) is 53.2 Å². The van der Waals surface area contributed by atoms with Crippen LogP contribution in [0.2, 0.25) is 0 Å². The largest absolute Gasteiger partial charge is 0.464 e. The molecule has 21 heavy (non-hydrogen) atoms. The van der Waals surface area contributed by atoms with E-state index >= 15 is 0 Å². The summed E-state index contributed by atoms with van der Waals surface area (Å²) in [5.41, 5.74) is 1.31. The highest BCUT2D eigenvalue weighted by molar-refractivity contribution is 5.87. The fraction of sp³-hybridized carbons (Fsp3) is 0.133. The van der Waals surface area contributed by atoms with Gasteiger partial charge in [-0.1, -0.05) is 23.4 Å². The molecule has 0 N–H and O–H groups in total. The molecule has 0 amide bonds. The van der Waals surface area contributed by atoms with Crippen molar-refractivity contribution < 1.29 is 14.1 Å². The van der Waals surface area contributed by atoms with E-state index in [0.29, 0.717) is 24.0 Å². The third-order valence-corrected chi connectivity index (χ3v) is 3.02. The third kappa shape index (κ3) is 2.69. The molecule has 0 fully saturated rings. The Balaban J connectivity index is 1.82. The smallest absolute Gasteiger partial charge is 0.354 e. The second-order valence-electron chi connectivity index (χ2n) is 4.39. The summed E-state index contributed by atoms with van der Waals surface area (Å²) < 4.78 is 11.7. The minimum absolute atomic E-state index is 0.341. The van der Waals surface area contributed by atoms with Crippen molar-refractivity contribution in [2.45, 2.75) is 6.54 Å². The van der Waals surface area contributed by atoms with E-state index in [0.717, 1.165) is 5.56 Å². The summed E-state index contributed by atoms with van der Waals surface area (Å²) in [6.07, 6.45) is 1.77. The zero-order chi connectivity index (χ0) is 14.7. The number of ether oxygens (including phenoxy) is 1. The maximum absolute atomic E-state index is 11.6. The number of aromatic nitrogens is 3. The number of rotatable bonds is 4. The van der Waals surface area contributed by atoms with Crippen LogP contribution in [0.3, 0.4) is 0 Å². The number of carbonyl (C=O) groups excluding carboxylic acids is 1. The van der Waals surface area contributed by atoms with Crippen LogP contribution < -0.4 is 0 Å². The van der Waals surface area contributed by atoms with Crippen molar-refractivity contribution in [3.05, 3.63) is 60.2 Å². The van der Waals surface area contributed by atoms with Gasteiger partial charge in [-0.2, -0.15) is 4.98 Å². The number of hydrogen-bond acceptors (Lipinski definition) is 5. The number of methoxy groups -OCH3 is 1. The average Bonchev–Trinajstić information content (AvgIpc) is 3.17. The SMILES string of the molecule is COC(=O)c1cccn1Cc1noc(-c2ccccc2)n1. The monoisotopic (exact) mass is 283 g/mol. The molecule has 0 aliphatic rings. The van der Waals surface area contributed by atoms with Crippen LogP contribution in [-0.4, -0.2) is 27.8 Å².